The molecule has 0 aliphatic carbocycles. The van der Waals surface area contributed by atoms with E-state index in [4.69, 9.17) is 0 Å². The molecular weight excluding hydrogens is 508 g/mol. The second-order valence-corrected chi connectivity index (χ2v) is 9.86. The lowest BCUT2D eigenvalue weighted by molar-refractivity contribution is 0.0939. The van der Waals surface area contributed by atoms with Crippen molar-refractivity contribution >= 4 is 33.7 Å². The van der Waals surface area contributed by atoms with Crippen LogP contribution in [0, 0.1) is 18.8 Å². The first kappa shape index (κ1) is 24.3. The summed E-state index contributed by atoms with van der Waals surface area (Å²) in [5.74, 6) is 5.94. The SMILES string of the molecule is Cc1nn2cccnc2c1C(=O)N[C@H](C)c1cc2cccc(C#Cc3cncs3)c2c(=O)n1-c1ccccc1. The van der Waals surface area contributed by atoms with Crippen LogP contribution >= 0.6 is 11.3 Å². The standard InChI is InChI=1S/C30H22N6O2S/c1-19(33-29(37)26-20(2)34-35-15-7-14-32-28(26)35)25-16-22-9-6-8-21(12-13-24-17-31-18-39-24)27(22)30(38)36(25)23-10-4-3-5-11-23/h3-11,14-19H,1-2H3,(H,33,37)/t19-/m1/s1. The predicted octanol–water partition coefficient (Wildman–Crippen LogP) is 4.69. The quantitative estimate of drug-likeness (QED) is 0.334. The maximum atomic E-state index is 14.1. The van der Waals surface area contributed by atoms with Crippen molar-refractivity contribution in [1.82, 2.24) is 29.5 Å². The number of amides is 1. The fourth-order valence-electron chi connectivity index (χ4n) is 4.66. The van der Waals surface area contributed by atoms with Crippen LogP contribution in [0.15, 0.2) is 89.6 Å². The molecule has 6 rings (SSSR count). The number of nitrogens with one attached hydrogen (secondary N) is 1. The highest BCUT2D eigenvalue weighted by Crippen LogP contribution is 2.24. The lowest BCUT2D eigenvalue weighted by Crippen LogP contribution is -2.32. The number of carbonyl (C=O) groups is 1. The number of benzene rings is 2. The number of nitrogens with zero attached hydrogens (tertiary/aromatic N) is 5. The number of aryl methyl sites for hydroxylation is 1. The molecule has 8 nitrogen and oxygen atoms in total. The fourth-order valence-corrected chi connectivity index (χ4v) is 5.13. The van der Waals surface area contributed by atoms with Gasteiger partial charge < -0.3 is 5.32 Å². The molecule has 0 saturated carbocycles. The first-order chi connectivity index (χ1) is 19.0. The lowest BCUT2D eigenvalue weighted by atomic mass is 10.0. The van der Waals surface area contributed by atoms with Crippen LogP contribution in [-0.4, -0.2) is 30.1 Å². The van der Waals surface area contributed by atoms with E-state index in [1.54, 1.807) is 46.2 Å². The molecule has 0 unspecified atom stereocenters. The Labute approximate surface area is 227 Å². The van der Waals surface area contributed by atoms with Crippen molar-refractivity contribution in [2.24, 2.45) is 0 Å². The number of para-hydroxylation sites is 1. The van der Waals surface area contributed by atoms with Gasteiger partial charge in [-0.25, -0.2) is 9.50 Å². The molecule has 1 atom stereocenters. The van der Waals surface area contributed by atoms with Gasteiger partial charge in [-0.2, -0.15) is 5.10 Å². The van der Waals surface area contributed by atoms with Crippen molar-refractivity contribution in [2.45, 2.75) is 19.9 Å². The van der Waals surface area contributed by atoms with E-state index < -0.39 is 6.04 Å². The summed E-state index contributed by atoms with van der Waals surface area (Å²) in [6, 6.07) is 18.2. The van der Waals surface area contributed by atoms with E-state index in [2.05, 4.69) is 32.2 Å². The van der Waals surface area contributed by atoms with Crippen molar-refractivity contribution in [3.05, 3.63) is 123 Å². The average Bonchev–Trinajstić information content (AvgIpc) is 3.59. The Bertz CT molecular complexity index is 1960. The minimum absolute atomic E-state index is 0.210. The van der Waals surface area contributed by atoms with Gasteiger partial charge in [-0.1, -0.05) is 36.3 Å². The Morgan fingerprint density at radius 2 is 1.92 bits per heavy atom. The first-order valence-corrected chi connectivity index (χ1v) is 13.1. The number of aromatic nitrogens is 5. The van der Waals surface area contributed by atoms with Crippen LogP contribution in [0.2, 0.25) is 0 Å². The zero-order valence-corrected chi connectivity index (χ0v) is 21.9. The summed E-state index contributed by atoms with van der Waals surface area (Å²) in [4.78, 5) is 36.8. The molecule has 0 bridgehead atoms. The third kappa shape index (κ3) is 4.47. The number of thiazole rings is 1. The molecule has 4 heterocycles. The predicted molar refractivity (Wildman–Crippen MR) is 151 cm³/mol. The second kappa shape index (κ2) is 10.0. The van der Waals surface area contributed by atoms with Crippen molar-refractivity contribution < 1.29 is 4.79 Å². The number of hydrogen-bond donors (Lipinski definition) is 1. The van der Waals surface area contributed by atoms with E-state index >= 15 is 0 Å². The highest BCUT2D eigenvalue weighted by atomic mass is 32.1. The fraction of sp³-hybridized carbons (Fsp3) is 0.100. The maximum Gasteiger partial charge on any atom is 0.264 e. The van der Waals surface area contributed by atoms with E-state index in [0.29, 0.717) is 39.2 Å². The minimum atomic E-state index is -0.514. The Morgan fingerprint density at radius 1 is 1.08 bits per heavy atom. The largest absolute Gasteiger partial charge is 0.344 e. The molecule has 0 aliphatic heterocycles. The van der Waals surface area contributed by atoms with Gasteiger partial charge in [-0.15, -0.1) is 11.3 Å². The molecule has 1 amide bonds. The summed E-state index contributed by atoms with van der Waals surface area (Å²) in [5, 5.41) is 8.73. The summed E-state index contributed by atoms with van der Waals surface area (Å²) in [5.41, 5.74) is 4.93. The van der Waals surface area contributed by atoms with Crippen LogP contribution in [0.25, 0.3) is 22.1 Å². The van der Waals surface area contributed by atoms with Gasteiger partial charge in [0.1, 0.15) is 5.56 Å². The van der Waals surface area contributed by atoms with Crippen LogP contribution in [0.5, 0.6) is 0 Å². The van der Waals surface area contributed by atoms with Crippen molar-refractivity contribution in [3.8, 4) is 17.5 Å². The lowest BCUT2D eigenvalue weighted by Gasteiger charge is -2.21. The van der Waals surface area contributed by atoms with Crippen LogP contribution in [-0.2, 0) is 0 Å². The van der Waals surface area contributed by atoms with E-state index in [1.165, 1.54) is 11.3 Å². The molecule has 4 aromatic heterocycles. The van der Waals surface area contributed by atoms with Crippen molar-refractivity contribution in [2.75, 3.05) is 0 Å². The molecule has 6 aromatic rings. The van der Waals surface area contributed by atoms with E-state index in [1.807, 2.05) is 61.5 Å². The van der Waals surface area contributed by atoms with Gasteiger partial charge >= 0.3 is 0 Å². The molecule has 190 valence electrons. The van der Waals surface area contributed by atoms with Crippen molar-refractivity contribution in [1.29, 1.82) is 0 Å². The number of carbonyl (C=O) groups excluding carboxylic acids is 1. The normalized spacial score (nSPS) is 11.7. The number of rotatable bonds is 4. The number of pyridine rings is 1. The molecule has 2 aromatic carbocycles. The smallest absolute Gasteiger partial charge is 0.264 e. The summed E-state index contributed by atoms with van der Waals surface area (Å²) < 4.78 is 3.23. The van der Waals surface area contributed by atoms with Crippen LogP contribution < -0.4 is 10.9 Å². The zero-order chi connectivity index (χ0) is 26.9. The van der Waals surface area contributed by atoms with E-state index in [-0.39, 0.29) is 11.5 Å². The molecule has 1 N–H and O–H groups in total. The van der Waals surface area contributed by atoms with Gasteiger partial charge in [-0.3, -0.25) is 19.1 Å². The monoisotopic (exact) mass is 530 g/mol. The number of hydrogen-bond acceptors (Lipinski definition) is 6. The summed E-state index contributed by atoms with van der Waals surface area (Å²) in [6.45, 7) is 3.64. The van der Waals surface area contributed by atoms with E-state index in [0.717, 1.165) is 10.3 Å². The molecule has 0 aliphatic rings. The third-order valence-electron chi connectivity index (χ3n) is 6.43. The molecule has 0 spiro atoms. The summed E-state index contributed by atoms with van der Waals surface area (Å²) in [6.07, 6.45) is 5.08. The highest BCUT2D eigenvalue weighted by molar-refractivity contribution is 7.10. The van der Waals surface area contributed by atoms with Gasteiger partial charge in [0.25, 0.3) is 11.5 Å². The molecular formula is C30H22N6O2S. The van der Waals surface area contributed by atoms with Crippen LogP contribution in [0.4, 0.5) is 0 Å². The first-order valence-electron chi connectivity index (χ1n) is 12.3. The topological polar surface area (TPSA) is 94.2 Å². The Hall–Kier alpha value is -5.07. The Kier molecular flexibility index (Phi) is 6.23. The Balaban J connectivity index is 1.48. The van der Waals surface area contributed by atoms with Gasteiger partial charge in [0.05, 0.1) is 33.7 Å². The van der Waals surface area contributed by atoms with Gasteiger partial charge in [0.15, 0.2) is 5.65 Å². The van der Waals surface area contributed by atoms with Crippen LogP contribution in [0.1, 0.15) is 45.2 Å². The van der Waals surface area contributed by atoms with Gasteiger partial charge in [0.2, 0.25) is 0 Å². The molecule has 9 heteroatoms. The van der Waals surface area contributed by atoms with Crippen LogP contribution in [0.3, 0.4) is 0 Å². The van der Waals surface area contributed by atoms with Gasteiger partial charge in [-0.05, 0) is 55.5 Å². The molecule has 0 fully saturated rings. The van der Waals surface area contributed by atoms with Crippen molar-refractivity contribution in [3.63, 3.8) is 0 Å². The molecule has 0 saturated heterocycles. The number of fused-ring (bicyclic) bond motifs is 2. The average molecular weight is 531 g/mol. The Morgan fingerprint density at radius 3 is 2.72 bits per heavy atom. The summed E-state index contributed by atoms with van der Waals surface area (Å²) in [7, 11) is 0. The molecule has 39 heavy (non-hydrogen) atoms. The van der Waals surface area contributed by atoms with Gasteiger partial charge in [0, 0.05) is 29.3 Å². The minimum Gasteiger partial charge on any atom is -0.344 e. The summed E-state index contributed by atoms with van der Waals surface area (Å²) >= 11 is 1.45. The maximum absolute atomic E-state index is 14.1. The highest BCUT2D eigenvalue weighted by Gasteiger charge is 2.23. The second-order valence-electron chi connectivity index (χ2n) is 8.97. The van der Waals surface area contributed by atoms with E-state index in [9.17, 15) is 9.59 Å². The molecule has 0 radical (unpaired) electrons. The third-order valence-corrected chi connectivity index (χ3v) is 7.12. The zero-order valence-electron chi connectivity index (χ0n) is 21.1.